The second-order valence-electron chi connectivity index (χ2n) is 10.4. The van der Waals surface area contributed by atoms with Gasteiger partial charge in [-0.25, -0.2) is 26.5 Å². The summed E-state index contributed by atoms with van der Waals surface area (Å²) < 4.78 is 58.3. The summed E-state index contributed by atoms with van der Waals surface area (Å²) in [5, 5.41) is 0. The van der Waals surface area contributed by atoms with Crippen molar-refractivity contribution in [1.82, 2.24) is 18.8 Å². The first-order chi connectivity index (χ1) is 18.4. The highest BCUT2D eigenvalue weighted by Crippen LogP contribution is 2.51. The molecule has 0 aliphatic carbocycles. The lowest BCUT2D eigenvalue weighted by Gasteiger charge is -2.48. The lowest BCUT2D eigenvalue weighted by atomic mass is 9.77. The zero-order valence-electron chi connectivity index (χ0n) is 21.9. The van der Waals surface area contributed by atoms with Crippen LogP contribution in [0.1, 0.15) is 40.5 Å². The average molecular weight is 557 g/mol. The maximum atomic E-state index is 15.6. The van der Waals surface area contributed by atoms with E-state index in [0.717, 1.165) is 22.1 Å². The van der Waals surface area contributed by atoms with Gasteiger partial charge in [-0.05, 0) is 54.8 Å². The van der Waals surface area contributed by atoms with Gasteiger partial charge in [0.2, 0.25) is 16.0 Å². The third kappa shape index (κ3) is 4.41. The van der Waals surface area contributed by atoms with Crippen molar-refractivity contribution in [3.63, 3.8) is 0 Å². The molecule has 39 heavy (non-hydrogen) atoms. The van der Waals surface area contributed by atoms with Crippen LogP contribution in [-0.2, 0) is 35.6 Å². The van der Waals surface area contributed by atoms with Gasteiger partial charge in [-0.15, -0.1) is 0 Å². The van der Waals surface area contributed by atoms with Crippen LogP contribution in [0.2, 0.25) is 0 Å². The summed E-state index contributed by atoms with van der Waals surface area (Å²) in [6.45, 7) is 2.70. The molecule has 2 aliphatic heterocycles. The van der Waals surface area contributed by atoms with Gasteiger partial charge in [0.15, 0.2) is 5.78 Å². The summed E-state index contributed by atoms with van der Waals surface area (Å²) in [5.74, 6) is -1.83. The van der Waals surface area contributed by atoms with Gasteiger partial charge in [0.1, 0.15) is 27.6 Å². The number of nitrogens with zero attached hydrogens (tertiary/aromatic N) is 5. The highest BCUT2D eigenvalue weighted by Gasteiger charge is 2.66. The number of carbonyl (C=O) groups excluding carboxylic acids is 1. The Kier molecular flexibility index (Phi) is 6.58. The van der Waals surface area contributed by atoms with Crippen LogP contribution in [0.15, 0.2) is 60.0 Å². The van der Waals surface area contributed by atoms with E-state index in [0.29, 0.717) is 18.7 Å². The molecule has 0 radical (unpaired) electrons. The molecule has 1 fully saturated rings. The molecule has 1 aromatic carbocycles. The van der Waals surface area contributed by atoms with Gasteiger partial charge in [-0.3, -0.25) is 14.7 Å². The van der Waals surface area contributed by atoms with Crippen LogP contribution in [0.5, 0.6) is 0 Å². The number of aryl methyl sites for hydroxylation is 1. The van der Waals surface area contributed by atoms with E-state index < -0.39 is 31.9 Å². The number of hydrogen-bond acceptors (Lipinski definition) is 7. The fraction of sp³-hybridized carbons (Fsp3) is 0.370. The third-order valence-corrected chi connectivity index (χ3v) is 10.6. The monoisotopic (exact) mass is 556 g/mol. The van der Waals surface area contributed by atoms with E-state index in [1.165, 1.54) is 31.3 Å². The molecular weight excluding hydrogens is 526 g/mol. The maximum Gasteiger partial charge on any atom is 0.247 e. The van der Waals surface area contributed by atoms with Gasteiger partial charge in [0.25, 0.3) is 0 Å². The van der Waals surface area contributed by atoms with E-state index in [2.05, 4.69) is 9.98 Å². The van der Waals surface area contributed by atoms with Crippen molar-refractivity contribution in [3.8, 4) is 0 Å². The van der Waals surface area contributed by atoms with Crippen molar-refractivity contribution < 1.29 is 22.0 Å². The van der Waals surface area contributed by atoms with Crippen LogP contribution in [0, 0.1) is 11.6 Å². The minimum atomic E-state index is -4.07. The van der Waals surface area contributed by atoms with Crippen molar-refractivity contribution in [1.29, 1.82) is 0 Å². The van der Waals surface area contributed by atoms with E-state index in [4.69, 9.17) is 5.73 Å². The highest BCUT2D eigenvalue weighted by molar-refractivity contribution is 7.91. The Bertz CT molecular complexity index is 1570. The quantitative estimate of drug-likeness (QED) is 0.467. The van der Waals surface area contributed by atoms with Gasteiger partial charge in [-0.2, -0.15) is 0 Å². The van der Waals surface area contributed by atoms with Gasteiger partial charge in [-0.1, -0.05) is 6.07 Å². The minimum absolute atomic E-state index is 0.0426. The van der Waals surface area contributed by atoms with Gasteiger partial charge >= 0.3 is 0 Å². The van der Waals surface area contributed by atoms with Crippen molar-refractivity contribution in [2.45, 2.75) is 36.6 Å². The molecule has 0 unspecified atom stereocenters. The number of halogens is 2. The van der Waals surface area contributed by atoms with Crippen LogP contribution in [0.4, 0.5) is 8.78 Å². The zero-order chi connectivity index (χ0) is 28.2. The van der Waals surface area contributed by atoms with Crippen LogP contribution in [-0.4, -0.2) is 63.8 Å². The first-order valence-corrected chi connectivity index (χ1v) is 13.9. The molecule has 2 atom stereocenters. The topological polar surface area (TPSA) is 114 Å². The van der Waals surface area contributed by atoms with Crippen molar-refractivity contribution in [2.24, 2.45) is 17.8 Å². The molecule has 1 spiro atoms. The lowest BCUT2D eigenvalue weighted by Crippen LogP contribution is -2.66. The number of rotatable bonds is 6. The third-order valence-electron chi connectivity index (χ3n) is 7.95. The molecule has 0 amide bonds. The number of benzene rings is 1. The summed E-state index contributed by atoms with van der Waals surface area (Å²) in [7, 11) is -0.804. The van der Waals surface area contributed by atoms with E-state index in [9.17, 15) is 17.6 Å². The van der Waals surface area contributed by atoms with Crippen LogP contribution in [0.3, 0.4) is 0 Å². The predicted molar refractivity (Wildman–Crippen MR) is 142 cm³/mol. The van der Waals surface area contributed by atoms with Crippen LogP contribution >= 0.6 is 0 Å². The summed E-state index contributed by atoms with van der Waals surface area (Å²) in [4.78, 5) is 23.3. The largest absolute Gasteiger partial charge is 0.369 e. The summed E-state index contributed by atoms with van der Waals surface area (Å²) in [6, 6.07) is 8.55. The second kappa shape index (κ2) is 9.53. The number of carbonyl (C=O) groups is 1. The minimum Gasteiger partial charge on any atom is -0.369 e. The van der Waals surface area contributed by atoms with Crippen LogP contribution < -0.4 is 5.73 Å². The molecule has 5 rings (SSSR count). The number of sulfonamides is 1. The molecule has 12 heteroatoms. The number of guanidine groups is 1. The number of hydrogen-bond donors (Lipinski definition) is 1. The maximum absolute atomic E-state index is 15.6. The molecule has 2 N–H and O–H groups in total. The Labute approximate surface area is 226 Å². The zero-order valence-corrected chi connectivity index (χ0v) is 22.8. The SMILES string of the molecule is CN1C(N)=N[C@](C)(c2cc(CC(=O)c3ccc(F)cn3)ccc2F)[C@@]2(CCN(Cc3ccn(C)c3)C2)S1(=O)=O. The molecule has 4 heterocycles. The molecule has 0 bridgehead atoms. The molecular formula is C27H30F2N6O3S. The molecule has 2 aromatic heterocycles. The smallest absolute Gasteiger partial charge is 0.247 e. The van der Waals surface area contributed by atoms with Gasteiger partial charge < -0.3 is 10.3 Å². The predicted octanol–water partition coefficient (Wildman–Crippen LogP) is 2.57. The standard InChI is InChI=1S/C27H30F2N6O3S/c1-26(21-12-18(4-6-22(21)29)13-24(36)23-7-5-20(28)14-31-23)27(39(37,38)34(3)25(30)32-26)9-11-35(17-27)16-19-8-10-33(2)15-19/h4-8,10,12,14-15H,9,11,13,16-17H2,1-3H3,(H2,30,32)/t26-,27+/m1/s1. The molecule has 3 aromatic rings. The Hall–Kier alpha value is -3.64. The van der Waals surface area contributed by atoms with Crippen molar-refractivity contribution in [2.75, 3.05) is 20.1 Å². The Morgan fingerprint density at radius 2 is 1.90 bits per heavy atom. The second-order valence-corrected chi connectivity index (χ2v) is 12.7. The Morgan fingerprint density at radius 3 is 2.56 bits per heavy atom. The lowest BCUT2D eigenvalue weighted by molar-refractivity contribution is 0.0988. The van der Waals surface area contributed by atoms with E-state index >= 15 is 4.39 Å². The number of nitrogens with two attached hydrogens (primary N) is 1. The first kappa shape index (κ1) is 26.9. The highest BCUT2D eigenvalue weighted by atomic mass is 32.2. The van der Waals surface area contributed by atoms with E-state index in [1.54, 1.807) is 6.92 Å². The summed E-state index contributed by atoms with van der Waals surface area (Å²) in [6.07, 6.45) is 4.92. The molecule has 1 saturated heterocycles. The normalized spacial score (nSPS) is 24.7. The van der Waals surface area contributed by atoms with Gasteiger partial charge in [0.05, 0.1) is 6.20 Å². The molecule has 9 nitrogen and oxygen atoms in total. The number of ketones is 1. The van der Waals surface area contributed by atoms with Crippen molar-refractivity contribution in [3.05, 3.63) is 89.0 Å². The van der Waals surface area contributed by atoms with Crippen molar-refractivity contribution >= 4 is 21.8 Å². The van der Waals surface area contributed by atoms with Crippen LogP contribution in [0.25, 0.3) is 0 Å². The number of aromatic nitrogens is 2. The Morgan fingerprint density at radius 1 is 1.13 bits per heavy atom. The summed E-state index contributed by atoms with van der Waals surface area (Å²) in [5.41, 5.74) is 6.11. The molecule has 0 saturated carbocycles. The number of pyridine rings is 1. The average Bonchev–Trinajstić information content (AvgIpc) is 3.51. The molecule has 2 aliphatic rings. The van der Waals surface area contributed by atoms with Gasteiger partial charge in [0, 0.05) is 58.1 Å². The number of aliphatic imine (C=N–C) groups is 1. The summed E-state index contributed by atoms with van der Waals surface area (Å²) >= 11 is 0. The fourth-order valence-corrected chi connectivity index (χ4v) is 7.89. The number of likely N-dealkylation sites (tertiary alicyclic amines) is 1. The van der Waals surface area contributed by atoms with E-state index in [1.807, 2.05) is 35.0 Å². The number of Topliss-reactive ketones (excluding diaryl/α,β-unsaturated/α-hetero) is 1. The fourth-order valence-electron chi connectivity index (χ4n) is 5.73. The molecule has 206 valence electrons. The Balaban J connectivity index is 1.55. The van der Waals surface area contributed by atoms with E-state index in [-0.39, 0.29) is 42.4 Å². The first-order valence-electron chi connectivity index (χ1n) is 12.5.